The first kappa shape index (κ1) is 24.5. The van der Waals surface area contributed by atoms with E-state index in [0.717, 1.165) is 0 Å². The maximum absolute atomic E-state index is 6.34. The Bertz CT molecular complexity index is 258. The van der Waals surface area contributed by atoms with Gasteiger partial charge in [0.05, 0.1) is 0 Å². The van der Waals surface area contributed by atoms with Crippen LogP contribution in [0, 0.1) is 0 Å². The van der Waals surface area contributed by atoms with Gasteiger partial charge in [0.2, 0.25) is 0 Å². The molecule has 0 aromatic rings. The summed E-state index contributed by atoms with van der Waals surface area (Å²) in [6, 6.07) is 0. The summed E-state index contributed by atoms with van der Waals surface area (Å²) in [6.45, 7) is 6.83. The van der Waals surface area contributed by atoms with Crippen LogP contribution in [0.1, 0.15) is 124 Å². The summed E-state index contributed by atoms with van der Waals surface area (Å²) >= 11 is 6.34. The molecule has 0 N–H and O–H groups in total. The average molecular weight is 377 g/mol. The number of hydrogen-bond acceptors (Lipinski definition) is 1. The lowest BCUT2D eigenvalue weighted by molar-refractivity contribution is 0.388. The quantitative estimate of drug-likeness (QED) is 0.133. The Morgan fingerprint density at radius 3 is 1.33 bits per heavy atom. The predicted molar refractivity (Wildman–Crippen MR) is 114 cm³/mol. The van der Waals surface area contributed by atoms with Crippen LogP contribution in [0.5, 0.6) is 0 Å². The zero-order valence-electron chi connectivity index (χ0n) is 17.2. The lowest BCUT2D eigenvalue weighted by Crippen LogP contribution is -2.24. The monoisotopic (exact) mass is 376 g/mol. The summed E-state index contributed by atoms with van der Waals surface area (Å²) in [5.41, 5.74) is 0. The third-order valence-corrected chi connectivity index (χ3v) is 9.48. The van der Waals surface area contributed by atoms with Gasteiger partial charge in [0.15, 0.2) is 0 Å². The first-order valence-corrected chi connectivity index (χ1v) is 13.5. The van der Waals surface area contributed by atoms with E-state index in [1.807, 2.05) is 0 Å². The van der Waals surface area contributed by atoms with Crippen LogP contribution in [-0.4, -0.2) is 15.5 Å². The molecular weight excluding hydrogens is 332 g/mol. The molecule has 0 aliphatic rings. The second-order valence-electron chi connectivity index (χ2n) is 8.24. The predicted octanol–water partition coefficient (Wildman–Crippen LogP) is 8.13. The van der Waals surface area contributed by atoms with Crippen LogP contribution in [0.25, 0.3) is 0 Å². The van der Waals surface area contributed by atoms with Crippen LogP contribution in [0.4, 0.5) is 0 Å². The Balaban J connectivity index is 3.21. The standard InChI is InChI=1S/C21H45ClOSi/c1-5-6-7-8-9-10-11-12-13-14-15-16-17-18-19-20-21(2,3)24(22)23-4/h24H,5-20H2,1-4H3. The van der Waals surface area contributed by atoms with Crippen molar-refractivity contribution in [2.75, 3.05) is 7.11 Å². The van der Waals surface area contributed by atoms with E-state index in [0.29, 0.717) is 0 Å². The molecule has 3 heteroatoms. The molecule has 0 aliphatic carbocycles. The van der Waals surface area contributed by atoms with Gasteiger partial charge in [-0.15, -0.1) is 11.1 Å². The molecule has 0 saturated carbocycles. The van der Waals surface area contributed by atoms with Crippen LogP contribution in [-0.2, 0) is 4.43 Å². The molecule has 0 radical (unpaired) electrons. The Morgan fingerprint density at radius 2 is 1.00 bits per heavy atom. The van der Waals surface area contributed by atoms with Gasteiger partial charge in [0.25, 0.3) is 8.35 Å². The third kappa shape index (κ3) is 14.8. The first-order chi connectivity index (χ1) is 11.5. The van der Waals surface area contributed by atoms with Crippen molar-refractivity contribution in [2.45, 2.75) is 129 Å². The van der Waals surface area contributed by atoms with Crippen LogP contribution in [0.15, 0.2) is 0 Å². The van der Waals surface area contributed by atoms with Crippen molar-refractivity contribution >= 4 is 19.4 Å². The smallest absolute Gasteiger partial charge is 0.279 e. The van der Waals surface area contributed by atoms with Crippen molar-refractivity contribution in [3.8, 4) is 0 Å². The Kier molecular flexibility index (Phi) is 17.2. The fourth-order valence-electron chi connectivity index (χ4n) is 3.38. The van der Waals surface area contributed by atoms with Crippen molar-refractivity contribution in [3.05, 3.63) is 0 Å². The molecule has 1 nitrogen and oxygen atoms in total. The fraction of sp³-hybridized carbons (Fsp3) is 1.00. The first-order valence-electron chi connectivity index (χ1n) is 10.7. The molecule has 24 heavy (non-hydrogen) atoms. The number of halogens is 1. The maximum atomic E-state index is 6.34. The summed E-state index contributed by atoms with van der Waals surface area (Å²) in [4.78, 5) is 0. The SMILES string of the molecule is CCCCCCCCCCCCCCCCCC(C)(C)[SiH](Cl)OC. The van der Waals surface area contributed by atoms with Crippen molar-refractivity contribution in [3.63, 3.8) is 0 Å². The van der Waals surface area contributed by atoms with Crippen LogP contribution in [0.3, 0.4) is 0 Å². The van der Waals surface area contributed by atoms with E-state index >= 15 is 0 Å². The van der Waals surface area contributed by atoms with Gasteiger partial charge in [-0.3, -0.25) is 0 Å². The van der Waals surface area contributed by atoms with Gasteiger partial charge in [0, 0.05) is 7.11 Å². The molecule has 0 spiro atoms. The molecule has 0 aromatic heterocycles. The second kappa shape index (κ2) is 16.9. The van der Waals surface area contributed by atoms with Gasteiger partial charge in [-0.25, -0.2) is 0 Å². The highest BCUT2D eigenvalue weighted by atomic mass is 35.6. The normalized spacial score (nSPS) is 13.4. The lowest BCUT2D eigenvalue weighted by atomic mass is 10.0. The molecule has 0 saturated heterocycles. The van der Waals surface area contributed by atoms with Gasteiger partial charge in [0.1, 0.15) is 0 Å². The van der Waals surface area contributed by atoms with Crippen LogP contribution in [0.2, 0.25) is 5.04 Å². The minimum Gasteiger partial charge on any atom is -0.408 e. The molecule has 0 rings (SSSR count). The van der Waals surface area contributed by atoms with Gasteiger partial charge < -0.3 is 4.43 Å². The van der Waals surface area contributed by atoms with E-state index in [4.69, 9.17) is 15.5 Å². The van der Waals surface area contributed by atoms with Crippen molar-refractivity contribution in [1.82, 2.24) is 0 Å². The van der Waals surface area contributed by atoms with Gasteiger partial charge >= 0.3 is 0 Å². The molecule has 0 amide bonds. The van der Waals surface area contributed by atoms with Gasteiger partial charge in [-0.1, -0.05) is 117 Å². The van der Waals surface area contributed by atoms with E-state index in [1.165, 1.54) is 103 Å². The highest BCUT2D eigenvalue weighted by Crippen LogP contribution is 2.36. The van der Waals surface area contributed by atoms with Gasteiger partial charge in [-0.05, 0) is 11.5 Å². The third-order valence-electron chi connectivity index (χ3n) is 5.25. The molecule has 1 unspecified atom stereocenters. The molecule has 146 valence electrons. The van der Waals surface area contributed by atoms with Crippen LogP contribution >= 0.6 is 11.1 Å². The van der Waals surface area contributed by atoms with E-state index in [2.05, 4.69) is 20.8 Å². The molecule has 0 aromatic carbocycles. The summed E-state index contributed by atoms with van der Waals surface area (Å²) in [5.74, 6) is 0. The van der Waals surface area contributed by atoms with Crippen LogP contribution < -0.4 is 0 Å². The minimum atomic E-state index is -1.51. The van der Waals surface area contributed by atoms with Crippen molar-refractivity contribution in [1.29, 1.82) is 0 Å². The topological polar surface area (TPSA) is 9.23 Å². The Hall–Kier alpha value is 0.467. The van der Waals surface area contributed by atoms with E-state index in [-0.39, 0.29) is 5.04 Å². The van der Waals surface area contributed by atoms with E-state index < -0.39 is 8.35 Å². The zero-order chi connectivity index (χ0) is 18.1. The summed E-state index contributed by atoms with van der Waals surface area (Å²) in [7, 11) is 0.251. The Labute approximate surface area is 159 Å². The molecule has 0 heterocycles. The molecule has 0 fully saturated rings. The lowest BCUT2D eigenvalue weighted by Gasteiger charge is -2.27. The second-order valence-corrected chi connectivity index (χ2v) is 12.1. The fourth-order valence-corrected chi connectivity index (χ4v) is 4.78. The Morgan fingerprint density at radius 1 is 0.667 bits per heavy atom. The molecular formula is C21H45ClOSi. The average Bonchev–Trinajstić information content (AvgIpc) is 2.57. The summed E-state index contributed by atoms with van der Waals surface area (Å²) < 4.78 is 5.39. The van der Waals surface area contributed by atoms with Crippen molar-refractivity contribution in [2.24, 2.45) is 0 Å². The highest BCUT2D eigenvalue weighted by molar-refractivity contribution is 7.04. The highest BCUT2D eigenvalue weighted by Gasteiger charge is 2.29. The minimum absolute atomic E-state index is 0.229. The van der Waals surface area contributed by atoms with E-state index in [9.17, 15) is 0 Å². The number of hydrogen-bond donors (Lipinski definition) is 0. The van der Waals surface area contributed by atoms with E-state index in [1.54, 1.807) is 7.11 Å². The van der Waals surface area contributed by atoms with Gasteiger partial charge in [-0.2, -0.15) is 0 Å². The largest absolute Gasteiger partial charge is 0.408 e. The number of rotatable bonds is 18. The summed E-state index contributed by atoms with van der Waals surface area (Å²) in [5, 5.41) is 0.229. The van der Waals surface area contributed by atoms with Crippen molar-refractivity contribution < 1.29 is 4.43 Å². The molecule has 0 aliphatic heterocycles. The maximum Gasteiger partial charge on any atom is 0.279 e. The molecule has 0 bridgehead atoms. The number of unbranched alkanes of at least 4 members (excludes halogenated alkanes) is 14. The summed E-state index contributed by atoms with van der Waals surface area (Å²) in [6.07, 6.45) is 22.6. The molecule has 1 atom stereocenters. The zero-order valence-corrected chi connectivity index (χ0v) is 19.1.